The second kappa shape index (κ2) is 11.9. The van der Waals surface area contributed by atoms with Crippen molar-refractivity contribution in [2.75, 3.05) is 26.7 Å². The molecule has 6 nitrogen and oxygen atoms in total. The number of nitrogens with zero attached hydrogens (tertiary/aromatic N) is 1. The number of aliphatic carboxylic acids is 1. The summed E-state index contributed by atoms with van der Waals surface area (Å²) in [6, 6.07) is 7.89. The number of likely N-dealkylation sites (N-methyl/N-ethyl adjacent to an activating group) is 1. The molecular weight excluding hydrogens is 320 g/mol. The minimum atomic E-state index is -0.862. The summed E-state index contributed by atoms with van der Waals surface area (Å²) in [5.41, 5.74) is 2.12. The number of nitrogens with one attached hydrogen (secondary N) is 1. The SMILES string of the molecule is CCOCc1ccc(CNC(=O)CN(C)CCC(=O)O)cc1.Cl. The van der Waals surface area contributed by atoms with Crippen LogP contribution < -0.4 is 5.32 Å². The molecule has 0 saturated heterocycles. The topological polar surface area (TPSA) is 78.9 Å². The Hall–Kier alpha value is -1.63. The molecule has 1 amide bonds. The highest BCUT2D eigenvalue weighted by molar-refractivity contribution is 5.85. The number of carboxylic acid groups (broad SMARTS) is 1. The molecule has 0 fully saturated rings. The van der Waals surface area contributed by atoms with Crippen molar-refractivity contribution < 1.29 is 19.4 Å². The van der Waals surface area contributed by atoms with Crippen LogP contribution in [-0.2, 0) is 27.5 Å². The lowest BCUT2D eigenvalue weighted by molar-refractivity contribution is -0.137. The summed E-state index contributed by atoms with van der Waals surface area (Å²) in [5, 5.41) is 11.4. The molecule has 1 rings (SSSR count). The minimum absolute atomic E-state index is 0. The number of carboxylic acids is 1. The number of ether oxygens (including phenoxy) is 1. The molecule has 0 aliphatic rings. The molecule has 1 aromatic carbocycles. The van der Waals surface area contributed by atoms with E-state index in [2.05, 4.69) is 5.32 Å². The van der Waals surface area contributed by atoms with Crippen molar-refractivity contribution in [3.05, 3.63) is 35.4 Å². The van der Waals surface area contributed by atoms with Crippen LogP contribution in [-0.4, -0.2) is 48.6 Å². The van der Waals surface area contributed by atoms with E-state index in [1.165, 1.54) is 0 Å². The summed E-state index contributed by atoms with van der Waals surface area (Å²) in [6.07, 6.45) is 0.0328. The van der Waals surface area contributed by atoms with E-state index in [0.29, 0.717) is 26.3 Å². The Kier molecular flexibility index (Phi) is 11.0. The number of hydrogen-bond acceptors (Lipinski definition) is 4. The summed E-state index contributed by atoms with van der Waals surface area (Å²) in [4.78, 5) is 23.9. The number of benzene rings is 1. The molecule has 0 atom stereocenters. The molecule has 2 N–H and O–H groups in total. The molecule has 0 heterocycles. The van der Waals surface area contributed by atoms with Gasteiger partial charge in [0.1, 0.15) is 0 Å². The molecule has 0 aromatic heterocycles. The van der Waals surface area contributed by atoms with Gasteiger partial charge in [0.15, 0.2) is 0 Å². The van der Waals surface area contributed by atoms with Crippen molar-refractivity contribution in [3.63, 3.8) is 0 Å². The zero-order valence-corrected chi connectivity index (χ0v) is 14.4. The molecule has 0 spiro atoms. The summed E-state index contributed by atoms with van der Waals surface area (Å²) in [5.74, 6) is -0.981. The fourth-order valence-corrected chi connectivity index (χ4v) is 1.84. The van der Waals surface area contributed by atoms with Gasteiger partial charge in [-0.25, -0.2) is 0 Å². The smallest absolute Gasteiger partial charge is 0.304 e. The Balaban J connectivity index is 0.00000484. The van der Waals surface area contributed by atoms with Crippen molar-refractivity contribution in [2.45, 2.75) is 26.5 Å². The largest absolute Gasteiger partial charge is 0.481 e. The third-order valence-electron chi connectivity index (χ3n) is 3.11. The van der Waals surface area contributed by atoms with Gasteiger partial charge in [0.05, 0.1) is 19.6 Å². The molecule has 0 bridgehead atoms. The van der Waals surface area contributed by atoms with Crippen LogP contribution in [0.5, 0.6) is 0 Å². The van der Waals surface area contributed by atoms with Crippen molar-refractivity contribution in [2.24, 2.45) is 0 Å². The fourth-order valence-electron chi connectivity index (χ4n) is 1.84. The highest BCUT2D eigenvalue weighted by Crippen LogP contribution is 2.05. The second-order valence-electron chi connectivity index (χ2n) is 5.11. The number of halogens is 1. The lowest BCUT2D eigenvalue weighted by atomic mass is 10.1. The highest BCUT2D eigenvalue weighted by atomic mass is 35.5. The van der Waals surface area contributed by atoms with E-state index in [4.69, 9.17) is 9.84 Å². The van der Waals surface area contributed by atoms with Gasteiger partial charge in [-0.2, -0.15) is 0 Å². The third kappa shape index (κ3) is 9.89. The van der Waals surface area contributed by atoms with Crippen LogP contribution in [0.3, 0.4) is 0 Å². The molecule has 23 heavy (non-hydrogen) atoms. The van der Waals surface area contributed by atoms with Crippen molar-refractivity contribution in [1.82, 2.24) is 10.2 Å². The van der Waals surface area contributed by atoms with Crippen LogP contribution in [0.1, 0.15) is 24.5 Å². The van der Waals surface area contributed by atoms with Gasteiger partial charge in [-0.05, 0) is 25.1 Å². The van der Waals surface area contributed by atoms with Gasteiger partial charge in [-0.15, -0.1) is 12.4 Å². The Labute approximate surface area is 143 Å². The van der Waals surface area contributed by atoms with E-state index in [1.807, 2.05) is 31.2 Å². The maximum Gasteiger partial charge on any atom is 0.304 e. The van der Waals surface area contributed by atoms with Gasteiger partial charge < -0.3 is 15.2 Å². The molecule has 0 unspecified atom stereocenters. The van der Waals surface area contributed by atoms with E-state index in [1.54, 1.807) is 11.9 Å². The van der Waals surface area contributed by atoms with Crippen LogP contribution >= 0.6 is 12.4 Å². The standard InChI is InChI=1S/C16H24N2O4.ClH/c1-3-22-12-14-6-4-13(5-7-14)10-17-15(19)11-18(2)9-8-16(20)21;/h4-7H,3,8-12H2,1-2H3,(H,17,19)(H,20,21);1H. The summed E-state index contributed by atoms with van der Waals surface area (Å²) in [7, 11) is 1.73. The number of carbonyl (C=O) groups excluding carboxylic acids is 1. The maximum atomic E-state index is 11.8. The first kappa shape index (κ1) is 21.4. The predicted octanol–water partition coefficient (Wildman–Crippen LogP) is 1.67. The molecule has 0 saturated carbocycles. The number of carbonyl (C=O) groups is 2. The van der Waals surface area contributed by atoms with Crippen LogP contribution in [0.25, 0.3) is 0 Å². The van der Waals surface area contributed by atoms with Crippen molar-refractivity contribution in [3.8, 4) is 0 Å². The molecular formula is C16H25ClN2O4. The van der Waals surface area contributed by atoms with Crippen molar-refractivity contribution in [1.29, 1.82) is 0 Å². The average Bonchev–Trinajstić information content (AvgIpc) is 2.50. The average molecular weight is 345 g/mol. The number of hydrogen-bond donors (Lipinski definition) is 2. The van der Waals surface area contributed by atoms with Crippen LogP contribution in [0.4, 0.5) is 0 Å². The van der Waals surface area contributed by atoms with Gasteiger partial charge in [0.2, 0.25) is 5.91 Å². The third-order valence-corrected chi connectivity index (χ3v) is 3.11. The van der Waals surface area contributed by atoms with Gasteiger partial charge >= 0.3 is 5.97 Å². The quantitative estimate of drug-likeness (QED) is 0.675. The monoisotopic (exact) mass is 344 g/mol. The zero-order valence-electron chi connectivity index (χ0n) is 13.6. The van der Waals surface area contributed by atoms with E-state index >= 15 is 0 Å². The van der Waals surface area contributed by atoms with Gasteiger partial charge in [-0.3, -0.25) is 14.5 Å². The lowest BCUT2D eigenvalue weighted by Crippen LogP contribution is -2.35. The number of amides is 1. The van der Waals surface area contributed by atoms with E-state index < -0.39 is 5.97 Å². The molecule has 130 valence electrons. The lowest BCUT2D eigenvalue weighted by Gasteiger charge is -2.15. The van der Waals surface area contributed by atoms with Crippen LogP contribution in [0.2, 0.25) is 0 Å². The summed E-state index contributed by atoms with van der Waals surface area (Å²) >= 11 is 0. The van der Waals surface area contributed by atoms with E-state index in [-0.39, 0.29) is 31.3 Å². The molecule has 0 radical (unpaired) electrons. The summed E-state index contributed by atoms with van der Waals surface area (Å²) < 4.78 is 5.32. The Bertz CT molecular complexity index is 479. The number of rotatable bonds is 10. The van der Waals surface area contributed by atoms with E-state index in [9.17, 15) is 9.59 Å². The first-order chi connectivity index (χ1) is 10.5. The first-order valence-corrected chi connectivity index (χ1v) is 7.34. The Morgan fingerprint density at radius 2 is 1.83 bits per heavy atom. The zero-order chi connectivity index (χ0) is 16.4. The van der Waals surface area contributed by atoms with Crippen LogP contribution in [0.15, 0.2) is 24.3 Å². The molecule has 0 aliphatic heterocycles. The predicted molar refractivity (Wildman–Crippen MR) is 90.6 cm³/mol. The Morgan fingerprint density at radius 3 is 2.39 bits per heavy atom. The normalized spacial score (nSPS) is 10.2. The molecule has 1 aromatic rings. The Morgan fingerprint density at radius 1 is 1.22 bits per heavy atom. The van der Waals surface area contributed by atoms with Crippen LogP contribution in [0, 0.1) is 0 Å². The maximum absolute atomic E-state index is 11.8. The second-order valence-corrected chi connectivity index (χ2v) is 5.11. The molecule has 0 aliphatic carbocycles. The van der Waals surface area contributed by atoms with E-state index in [0.717, 1.165) is 11.1 Å². The minimum Gasteiger partial charge on any atom is -0.481 e. The first-order valence-electron chi connectivity index (χ1n) is 7.34. The summed E-state index contributed by atoms with van der Waals surface area (Å²) in [6.45, 7) is 4.24. The van der Waals surface area contributed by atoms with Crippen molar-refractivity contribution >= 4 is 24.3 Å². The van der Waals surface area contributed by atoms with Gasteiger partial charge in [0.25, 0.3) is 0 Å². The van der Waals surface area contributed by atoms with Gasteiger partial charge in [-0.1, -0.05) is 24.3 Å². The highest BCUT2D eigenvalue weighted by Gasteiger charge is 2.08. The fraction of sp³-hybridized carbons (Fsp3) is 0.500. The molecule has 7 heteroatoms. The van der Waals surface area contributed by atoms with Gasteiger partial charge in [0, 0.05) is 19.7 Å².